The van der Waals surface area contributed by atoms with Crippen LogP contribution in [0.25, 0.3) is 0 Å². The molecule has 2 rings (SSSR count). The summed E-state index contributed by atoms with van der Waals surface area (Å²) in [5, 5.41) is 5.50. The van der Waals surface area contributed by atoms with Gasteiger partial charge < -0.3 is 15.4 Å². The van der Waals surface area contributed by atoms with Crippen molar-refractivity contribution in [2.75, 3.05) is 25.0 Å². The van der Waals surface area contributed by atoms with Crippen LogP contribution in [0.3, 0.4) is 0 Å². The van der Waals surface area contributed by atoms with Gasteiger partial charge in [0.1, 0.15) is 5.82 Å². The second-order valence-corrected chi connectivity index (χ2v) is 4.24. The molecule has 0 unspecified atom stereocenters. The molecule has 1 heterocycles. The van der Waals surface area contributed by atoms with E-state index in [1.807, 2.05) is 0 Å². The van der Waals surface area contributed by atoms with E-state index in [-0.39, 0.29) is 0 Å². The predicted octanol–water partition coefficient (Wildman–Crippen LogP) is 1.77. The van der Waals surface area contributed by atoms with Crippen LogP contribution in [0.5, 0.6) is 0 Å². The highest BCUT2D eigenvalue weighted by molar-refractivity contribution is 5.67. The Morgan fingerprint density at radius 3 is 3.00 bits per heavy atom. The maximum Gasteiger partial charge on any atom is 0.407 e. The van der Waals surface area contributed by atoms with E-state index in [1.165, 1.54) is 6.07 Å². The van der Waals surface area contributed by atoms with Crippen LogP contribution in [-0.4, -0.2) is 30.8 Å². The van der Waals surface area contributed by atoms with E-state index in [1.54, 1.807) is 12.1 Å². The number of nitrogens with zero attached hydrogens (tertiary/aromatic N) is 1. The molecule has 0 radical (unpaired) electrons. The standard InChI is InChI=1S/C12H16FN3O2/c13-10-2-1-3-11(16-10)14-6-7-15-12(17)18-8-9-4-5-9/h1-3,9H,4-8H2,(H,14,16)(H,15,17). The summed E-state index contributed by atoms with van der Waals surface area (Å²) in [4.78, 5) is 14.8. The number of aromatic nitrogens is 1. The number of hydrogen-bond donors (Lipinski definition) is 2. The number of carbonyl (C=O) groups excluding carboxylic acids is 1. The van der Waals surface area contributed by atoms with E-state index in [0.29, 0.717) is 31.4 Å². The number of amides is 1. The summed E-state index contributed by atoms with van der Waals surface area (Å²) in [6.07, 6.45) is 1.90. The predicted molar refractivity (Wildman–Crippen MR) is 64.8 cm³/mol. The van der Waals surface area contributed by atoms with Crippen molar-refractivity contribution in [2.45, 2.75) is 12.8 Å². The van der Waals surface area contributed by atoms with Crippen molar-refractivity contribution in [3.05, 3.63) is 24.1 Å². The van der Waals surface area contributed by atoms with Gasteiger partial charge in [-0.05, 0) is 30.9 Å². The van der Waals surface area contributed by atoms with Gasteiger partial charge in [0.25, 0.3) is 0 Å². The van der Waals surface area contributed by atoms with Crippen molar-refractivity contribution in [3.63, 3.8) is 0 Å². The zero-order valence-electron chi connectivity index (χ0n) is 9.99. The first-order valence-electron chi connectivity index (χ1n) is 6.01. The van der Waals surface area contributed by atoms with E-state index >= 15 is 0 Å². The molecular weight excluding hydrogens is 237 g/mol. The van der Waals surface area contributed by atoms with Crippen LogP contribution in [0.4, 0.5) is 15.0 Å². The van der Waals surface area contributed by atoms with Crippen molar-refractivity contribution in [1.82, 2.24) is 10.3 Å². The molecule has 1 aromatic rings. The Bertz CT molecular complexity index is 410. The number of anilines is 1. The number of ether oxygens (including phenoxy) is 1. The third-order valence-corrected chi connectivity index (χ3v) is 2.56. The highest BCUT2D eigenvalue weighted by atomic mass is 19.1. The summed E-state index contributed by atoms with van der Waals surface area (Å²) in [5.74, 6) is 0.477. The normalized spacial score (nSPS) is 14.1. The van der Waals surface area contributed by atoms with Crippen LogP contribution < -0.4 is 10.6 Å². The van der Waals surface area contributed by atoms with Gasteiger partial charge in [0.15, 0.2) is 0 Å². The van der Waals surface area contributed by atoms with Crippen LogP contribution in [0.2, 0.25) is 0 Å². The molecule has 1 amide bonds. The van der Waals surface area contributed by atoms with Gasteiger partial charge in [0.05, 0.1) is 6.61 Å². The monoisotopic (exact) mass is 253 g/mol. The minimum atomic E-state index is -0.531. The lowest BCUT2D eigenvalue weighted by molar-refractivity contribution is 0.141. The fourth-order valence-electron chi connectivity index (χ4n) is 1.39. The van der Waals surface area contributed by atoms with Crippen LogP contribution >= 0.6 is 0 Å². The second kappa shape index (κ2) is 6.18. The highest BCUT2D eigenvalue weighted by Gasteiger charge is 2.22. The number of pyridine rings is 1. The average molecular weight is 253 g/mol. The van der Waals surface area contributed by atoms with Crippen LogP contribution in [-0.2, 0) is 4.74 Å². The van der Waals surface area contributed by atoms with Gasteiger partial charge in [-0.3, -0.25) is 0 Å². The number of rotatable bonds is 6. The minimum Gasteiger partial charge on any atom is -0.449 e. The van der Waals surface area contributed by atoms with Crippen molar-refractivity contribution >= 4 is 11.9 Å². The zero-order valence-corrected chi connectivity index (χ0v) is 9.99. The molecular formula is C12H16FN3O2. The molecule has 0 aromatic carbocycles. The molecule has 0 bridgehead atoms. The van der Waals surface area contributed by atoms with Crippen LogP contribution in [0, 0.1) is 11.9 Å². The Morgan fingerprint density at radius 2 is 2.28 bits per heavy atom. The summed E-state index contributed by atoms with van der Waals surface area (Å²) in [6, 6.07) is 4.51. The van der Waals surface area contributed by atoms with Gasteiger partial charge >= 0.3 is 6.09 Å². The summed E-state index contributed by atoms with van der Waals surface area (Å²) in [7, 11) is 0. The van der Waals surface area contributed by atoms with Crippen LogP contribution in [0.1, 0.15) is 12.8 Å². The summed E-state index contributed by atoms with van der Waals surface area (Å²) in [6.45, 7) is 1.38. The molecule has 18 heavy (non-hydrogen) atoms. The molecule has 0 spiro atoms. The number of halogens is 1. The highest BCUT2D eigenvalue weighted by Crippen LogP contribution is 2.28. The summed E-state index contributed by atoms with van der Waals surface area (Å²) >= 11 is 0. The molecule has 0 saturated heterocycles. The molecule has 1 aliphatic rings. The Kier molecular flexibility index (Phi) is 4.33. The lowest BCUT2D eigenvalue weighted by Crippen LogP contribution is -2.30. The lowest BCUT2D eigenvalue weighted by atomic mass is 10.4. The fourth-order valence-corrected chi connectivity index (χ4v) is 1.39. The van der Waals surface area contributed by atoms with Gasteiger partial charge in [-0.1, -0.05) is 6.07 Å². The molecule has 1 aromatic heterocycles. The molecule has 98 valence electrons. The molecule has 1 fully saturated rings. The molecule has 0 aliphatic heterocycles. The van der Waals surface area contributed by atoms with Gasteiger partial charge in [-0.2, -0.15) is 4.39 Å². The number of nitrogens with one attached hydrogen (secondary N) is 2. The molecule has 0 atom stereocenters. The number of hydrogen-bond acceptors (Lipinski definition) is 4. The van der Waals surface area contributed by atoms with Crippen molar-refractivity contribution in [3.8, 4) is 0 Å². The van der Waals surface area contributed by atoms with Crippen molar-refractivity contribution in [1.29, 1.82) is 0 Å². The molecule has 6 heteroatoms. The summed E-state index contributed by atoms with van der Waals surface area (Å²) < 4.78 is 17.7. The van der Waals surface area contributed by atoms with E-state index in [9.17, 15) is 9.18 Å². The third-order valence-electron chi connectivity index (χ3n) is 2.56. The molecule has 1 aliphatic carbocycles. The lowest BCUT2D eigenvalue weighted by Gasteiger charge is -2.07. The van der Waals surface area contributed by atoms with E-state index in [2.05, 4.69) is 15.6 Å². The zero-order chi connectivity index (χ0) is 12.8. The first kappa shape index (κ1) is 12.6. The van der Waals surface area contributed by atoms with Crippen molar-refractivity contribution in [2.24, 2.45) is 5.92 Å². The van der Waals surface area contributed by atoms with Gasteiger partial charge in [-0.15, -0.1) is 0 Å². The first-order valence-corrected chi connectivity index (χ1v) is 6.01. The smallest absolute Gasteiger partial charge is 0.407 e. The second-order valence-electron chi connectivity index (χ2n) is 4.24. The van der Waals surface area contributed by atoms with E-state index in [0.717, 1.165) is 12.8 Å². The summed E-state index contributed by atoms with van der Waals surface area (Å²) in [5.41, 5.74) is 0. The van der Waals surface area contributed by atoms with E-state index < -0.39 is 12.0 Å². The van der Waals surface area contributed by atoms with Gasteiger partial charge in [-0.25, -0.2) is 9.78 Å². The largest absolute Gasteiger partial charge is 0.449 e. The first-order chi connectivity index (χ1) is 8.74. The maximum atomic E-state index is 12.7. The quantitative estimate of drug-likeness (QED) is 0.599. The van der Waals surface area contributed by atoms with E-state index in [4.69, 9.17) is 4.74 Å². The Morgan fingerprint density at radius 1 is 1.44 bits per heavy atom. The topological polar surface area (TPSA) is 63.2 Å². The molecule has 1 saturated carbocycles. The van der Waals surface area contributed by atoms with Gasteiger partial charge in [0, 0.05) is 13.1 Å². The fraction of sp³-hybridized carbons (Fsp3) is 0.500. The Balaban J connectivity index is 1.56. The van der Waals surface area contributed by atoms with Crippen molar-refractivity contribution < 1.29 is 13.9 Å². The number of carbonyl (C=O) groups is 1. The Hall–Kier alpha value is -1.85. The minimum absolute atomic E-state index is 0.404. The Labute approximate surface area is 105 Å². The number of alkyl carbamates (subject to hydrolysis) is 1. The third kappa shape index (κ3) is 4.57. The average Bonchev–Trinajstić information content (AvgIpc) is 3.16. The molecule has 2 N–H and O–H groups in total. The molecule has 5 nitrogen and oxygen atoms in total. The van der Waals surface area contributed by atoms with Gasteiger partial charge in [0.2, 0.25) is 5.95 Å². The maximum absolute atomic E-state index is 12.7. The van der Waals surface area contributed by atoms with Crippen LogP contribution in [0.15, 0.2) is 18.2 Å². The SMILES string of the molecule is O=C(NCCNc1cccc(F)n1)OCC1CC1.